The Morgan fingerprint density at radius 2 is 1.87 bits per heavy atom. The van der Waals surface area contributed by atoms with Gasteiger partial charge in [-0.15, -0.1) is 0 Å². The molecule has 0 spiro atoms. The van der Waals surface area contributed by atoms with E-state index in [0.717, 1.165) is 30.5 Å². The van der Waals surface area contributed by atoms with Gasteiger partial charge in [0.1, 0.15) is 5.82 Å². The van der Waals surface area contributed by atoms with E-state index in [1.165, 1.54) is 6.07 Å². The molecule has 3 rings (SSSR count). The lowest BCUT2D eigenvalue weighted by Gasteiger charge is -2.19. The second-order valence-electron chi connectivity index (χ2n) is 7.56. The van der Waals surface area contributed by atoms with Gasteiger partial charge in [-0.05, 0) is 54.8 Å². The number of H-pyrrole nitrogens is 1. The molecule has 2 aromatic carbocycles. The average Bonchev–Trinajstić information content (AvgIpc) is 2.72. The summed E-state index contributed by atoms with van der Waals surface area (Å²) in [6, 6.07) is 12.2. The number of alkyl halides is 3. The summed E-state index contributed by atoms with van der Waals surface area (Å²) in [7, 11) is 0. The number of hydrogen-bond acceptors (Lipinski definition) is 3. The van der Waals surface area contributed by atoms with Crippen LogP contribution in [0, 0.1) is 5.92 Å². The Labute approximate surface area is 183 Å². The van der Waals surface area contributed by atoms with Crippen LogP contribution in [0.4, 0.5) is 19.0 Å². The highest BCUT2D eigenvalue weighted by molar-refractivity contribution is 6.31. The van der Waals surface area contributed by atoms with Gasteiger partial charge in [0, 0.05) is 29.6 Å². The van der Waals surface area contributed by atoms with Gasteiger partial charge in [-0.1, -0.05) is 37.1 Å². The molecule has 1 atom stereocenters. The fraction of sp³-hybridized carbons (Fsp3) is 0.348. The van der Waals surface area contributed by atoms with Crippen molar-refractivity contribution in [3.63, 3.8) is 0 Å². The van der Waals surface area contributed by atoms with Crippen LogP contribution in [0.5, 0.6) is 0 Å². The quantitative estimate of drug-likeness (QED) is 0.384. The number of pyridine rings is 1. The molecule has 1 unspecified atom stereocenters. The van der Waals surface area contributed by atoms with Crippen LogP contribution < -0.4 is 16.1 Å². The molecule has 1 aromatic heterocycles. The van der Waals surface area contributed by atoms with Gasteiger partial charge in [0.15, 0.2) is 5.43 Å². The molecule has 0 saturated carbocycles. The number of aromatic amines is 1. The topological polar surface area (TPSA) is 56.9 Å². The zero-order valence-corrected chi connectivity index (χ0v) is 17.9. The van der Waals surface area contributed by atoms with E-state index in [9.17, 15) is 18.0 Å². The minimum absolute atomic E-state index is 0.0544. The van der Waals surface area contributed by atoms with Crippen molar-refractivity contribution in [1.29, 1.82) is 0 Å². The lowest BCUT2D eigenvalue weighted by Crippen LogP contribution is -2.28. The standard InChI is InChI=1S/C23H25ClF3N3O/c1-2-5-15(12-28-14-16-10-17(23(25,26)27)8-9-19(16)24)13-29-22-11-21(31)18-6-3-4-7-20(18)30-22/h3-4,6-11,15,28H,2,5,12-14H2,1H3,(H2,29,30,31). The third kappa shape index (κ3) is 6.24. The zero-order chi connectivity index (χ0) is 22.4. The highest BCUT2D eigenvalue weighted by Crippen LogP contribution is 2.31. The highest BCUT2D eigenvalue weighted by atomic mass is 35.5. The van der Waals surface area contributed by atoms with E-state index in [2.05, 4.69) is 22.5 Å². The first-order valence-electron chi connectivity index (χ1n) is 10.2. The third-order valence-electron chi connectivity index (χ3n) is 5.14. The number of nitrogens with one attached hydrogen (secondary N) is 3. The van der Waals surface area contributed by atoms with E-state index in [1.807, 2.05) is 18.2 Å². The van der Waals surface area contributed by atoms with Gasteiger partial charge in [0.25, 0.3) is 0 Å². The molecule has 0 aliphatic rings. The molecule has 0 aliphatic carbocycles. The van der Waals surface area contributed by atoms with Crippen molar-refractivity contribution < 1.29 is 13.2 Å². The van der Waals surface area contributed by atoms with Crippen LogP contribution in [-0.4, -0.2) is 18.1 Å². The van der Waals surface area contributed by atoms with E-state index in [0.29, 0.717) is 34.9 Å². The zero-order valence-electron chi connectivity index (χ0n) is 17.2. The van der Waals surface area contributed by atoms with E-state index >= 15 is 0 Å². The summed E-state index contributed by atoms with van der Waals surface area (Å²) >= 11 is 6.07. The molecule has 166 valence electrons. The van der Waals surface area contributed by atoms with E-state index in [1.54, 1.807) is 12.1 Å². The number of para-hydroxylation sites is 1. The lowest BCUT2D eigenvalue weighted by atomic mass is 10.0. The Kier molecular flexibility index (Phi) is 7.62. The number of aromatic nitrogens is 1. The van der Waals surface area contributed by atoms with Crippen molar-refractivity contribution >= 4 is 28.3 Å². The van der Waals surface area contributed by atoms with Gasteiger partial charge in [-0.25, -0.2) is 0 Å². The second kappa shape index (κ2) is 10.2. The van der Waals surface area contributed by atoms with Gasteiger partial charge in [-0.2, -0.15) is 13.2 Å². The maximum Gasteiger partial charge on any atom is 0.416 e. The van der Waals surface area contributed by atoms with Crippen LogP contribution >= 0.6 is 11.6 Å². The summed E-state index contributed by atoms with van der Waals surface area (Å²) in [5.41, 5.74) is 0.419. The minimum atomic E-state index is -4.40. The number of anilines is 1. The van der Waals surface area contributed by atoms with Crippen molar-refractivity contribution in [3.05, 3.63) is 74.9 Å². The van der Waals surface area contributed by atoms with Crippen molar-refractivity contribution in [2.45, 2.75) is 32.5 Å². The highest BCUT2D eigenvalue weighted by Gasteiger charge is 2.30. The van der Waals surface area contributed by atoms with Crippen LogP contribution in [0.1, 0.15) is 30.9 Å². The van der Waals surface area contributed by atoms with E-state index in [4.69, 9.17) is 11.6 Å². The van der Waals surface area contributed by atoms with Gasteiger partial charge in [0.05, 0.1) is 11.1 Å². The van der Waals surface area contributed by atoms with Crippen molar-refractivity contribution in [3.8, 4) is 0 Å². The number of fused-ring (bicyclic) bond motifs is 1. The van der Waals surface area contributed by atoms with Gasteiger partial charge in [0.2, 0.25) is 0 Å². The first-order valence-corrected chi connectivity index (χ1v) is 10.6. The molecule has 0 amide bonds. The second-order valence-corrected chi connectivity index (χ2v) is 7.97. The smallest absolute Gasteiger partial charge is 0.371 e. The Morgan fingerprint density at radius 1 is 1.10 bits per heavy atom. The molecule has 3 aromatic rings. The maximum absolute atomic E-state index is 12.9. The van der Waals surface area contributed by atoms with Crippen LogP contribution in [-0.2, 0) is 12.7 Å². The normalized spacial score (nSPS) is 12.8. The summed E-state index contributed by atoms with van der Waals surface area (Å²) in [6.07, 6.45) is -2.51. The van der Waals surface area contributed by atoms with Crippen LogP contribution in [0.3, 0.4) is 0 Å². The maximum atomic E-state index is 12.9. The van der Waals surface area contributed by atoms with Gasteiger partial charge >= 0.3 is 6.18 Å². The van der Waals surface area contributed by atoms with Crippen LogP contribution in [0.25, 0.3) is 10.9 Å². The van der Waals surface area contributed by atoms with Gasteiger partial charge < -0.3 is 15.6 Å². The Balaban J connectivity index is 1.60. The largest absolute Gasteiger partial charge is 0.416 e. The Morgan fingerprint density at radius 3 is 2.61 bits per heavy atom. The summed E-state index contributed by atoms with van der Waals surface area (Å²) in [6.45, 7) is 3.54. The van der Waals surface area contributed by atoms with E-state index < -0.39 is 11.7 Å². The first kappa shape index (κ1) is 23.2. The van der Waals surface area contributed by atoms with Gasteiger partial charge in [-0.3, -0.25) is 4.79 Å². The molecule has 0 fully saturated rings. The summed E-state index contributed by atoms with van der Waals surface area (Å²) in [5.74, 6) is 0.871. The van der Waals surface area contributed by atoms with E-state index in [-0.39, 0.29) is 17.9 Å². The molecule has 4 nitrogen and oxygen atoms in total. The number of halogens is 4. The molecular formula is C23H25ClF3N3O. The molecule has 3 N–H and O–H groups in total. The predicted molar refractivity (Wildman–Crippen MR) is 120 cm³/mol. The van der Waals surface area contributed by atoms with Crippen molar-refractivity contribution in [2.75, 3.05) is 18.4 Å². The molecule has 0 aliphatic heterocycles. The fourth-order valence-electron chi connectivity index (χ4n) is 3.53. The third-order valence-corrected chi connectivity index (χ3v) is 5.51. The number of benzene rings is 2. The lowest BCUT2D eigenvalue weighted by molar-refractivity contribution is -0.137. The van der Waals surface area contributed by atoms with Crippen LogP contribution in [0.15, 0.2) is 53.3 Å². The Bertz CT molecular complexity index is 1080. The molecule has 8 heteroatoms. The molecule has 0 radical (unpaired) electrons. The van der Waals surface area contributed by atoms with Crippen LogP contribution in [0.2, 0.25) is 5.02 Å². The first-order chi connectivity index (χ1) is 14.8. The summed E-state index contributed by atoms with van der Waals surface area (Å²) < 4.78 is 38.8. The van der Waals surface area contributed by atoms with Crippen molar-refractivity contribution in [1.82, 2.24) is 10.3 Å². The van der Waals surface area contributed by atoms with Crippen molar-refractivity contribution in [2.24, 2.45) is 5.92 Å². The molecule has 1 heterocycles. The molecule has 0 bridgehead atoms. The molecule has 31 heavy (non-hydrogen) atoms. The summed E-state index contributed by atoms with van der Waals surface area (Å²) in [4.78, 5) is 15.5. The molecule has 0 saturated heterocycles. The predicted octanol–water partition coefficient (Wildman–Crippen LogP) is 5.82. The Hall–Kier alpha value is -2.51. The number of hydrogen-bond donors (Lipinski definition) is 3. The SMILES string of the molecule is CCCC(CNCc1cc(C(F)(F)F)ccc1Cl)CNc1cc(=O)c2ccccc2[nH]1. The average molecular weight is 452 g/mol. The molecular weight excluding hydrogens is 427 g/mol. The number of rotatable bonds is 9. The minimum Gasteiger partial charge on any atom is -0.371 e. The monoisotopic (exact) mass is 451 g/mol. The summed E-state index contributed by atoms with van der Waals surface area (Å²) in [5, 5.41) is 7.44. The fourth-order valence-corrected chi connectivity index (χ4v) is 3.71.